The predicted octanol–water partition coefficient (Wildman–Crippen LogP) is 6.22. The van der Waals surface area contributed by atoms with Crippen LogP contribution in [0.15, 0.2) is 71.7 Å². The topological polar surface area (TPSA) is 89.5 Å². The van der Waals surface area contributed by atoms with Crippen LogP contribution in [-0.4, -0.2) is 53.5 Å². The van der Waals surface area contributed by atoms with Crippen molar-refractivity contribution in [2.24, 2.45) is 4.99 Å². The van der Waals surface area contributed by atoms with Crippen LogP contribution in [0, 0.1) is 5.82 Å². The molecule has 1 aliphatic heterocycles. The summed E-state index contributed by atoms with van der Waals surface area (Å²) in [7, 11) is 0. The maximum atomic E-state index is 13.5. The summed E-state index contributed by atoms with van der Waals surface area (Å²) in [4.78, 5) is 32.9. The van der Waals surface area contributed by atoms with Gasteiger partial charge in [-0.25, -0.2) is 9.38 Å². The van der Waals surface area contributed by atoms with Crippen molar-refractivity contribution in [3.8, 4) is 17.2 Å². The molecule has 41 heavy (non-hydrogen) atoms. The number of carbonyl (C=O) groups is 2. The number of benzene rings is 3. The predicted molar refractivity (Wildman–Crippen MR) is 160 cm³/mol. The molecule has 1 fully saturated rings. The molecule has 0 aromatic heterocycles. The first-order valence-corrected chi connectivity index (χ1v) is 14.5. The number of amides is 2. The van der Waals surface area contributed by atoms with Crippen LogP contribution in [-0.2, 0) is 16.0 Å². The van der Waals surface area contributed by atoms with Crippen molar-refractivity contribution in [1.29, 1.82) is 0 Å². The SMILES string of the molecule is CCOc1cccc(NC(=O)[C@@H]2CC(=O)N(CCc3ccc(OCC)c(OCC)c3)C(=Nc3ccc(F)cc3)S2)c1. The first kappa shape index (κ1) is 29.9. The number of hydrogen-bond donors (Lipinski definition) is 1. The Morgan fingerprint density at radius 2 is 1.71 bits per heavy atom. The standard InChI is InChI=1S/C31H34FN3O5S/c1-4-38-25-9-7-8-24(19-25)33-30(37)28-20-29(36)35(31(41-28)34-23-13-11-22(32)12-14-23)17-16-21-10-15-26(39-5-2)27(18-21)40-6-3/h7-15,18-19,28H,4-6,16-17,20H2,1-3H3,(H,33,37)/t28-/m0/s1. The number of carbonyl (C=O) groups excluding carboxylic acids is 2. The lowest BCUT2D eigenvalue weighted by atomic mass is 10.1. The molecule has 0 bridgehead atoms. The van der Waals surface area contributed by atoms with E-state index in [-0.39, 0.29) is 24.1 Å². The van der Waals surface area contributed by atoms with E-state index in [1.807, 2.05) is 45.0 Å². The molecule has 3 aromatic carbocycles. The smallest absolute Gasteiger partial charge is 0.238 e. The average molecular weight is 580 g/mol. The summed E-state index contributed by atoms with van der Waals surface area (Å²) < 4.78 is 30.5. The number of thioether (sulfide) groups is 1. The number of halogens is 1. The Bertz CT molecular complexity index is 1380. The highest BCUT2D eigenvalue weighted by Crippen LogP contribution is 2.32. The molecule has 2 amide bonds. The molecule has 216 valence electrons. The van der Waals surface area contributed by atoms with Gasteiger partial charge in [0.1, 0.15) is 16.8 Å². The monoisotopic (exact) mass is 579 g/mol. The molecule has 0 unspecified atom stereocenters. The fourth-order valence-corrected chi connectivity index (χ4v) is 5.36. The van der Waals surface area contributed by atoms with Gasteiger partial charge in [-0.3, -0.25) is 14.5 Å². The van der Waals surface area contributed by atoms with E-state index in [1.165, 1.54) is 36.0 Å². The summed E-state index contributed by atoms with van der Waals surface area (Å²) in [6, 6.07) is 18.5. The van der Waals surface area contributed by atoms with Crippen molar-refractivity contribution < 1.29 is 28.2 Å². The van der Waals surface area contributed by atoms with Gasteiger partial charge < -0.3 is 19.5 Å². The molecule has 0 saturated carbocycles. The second kappa shape index (κ2) is 14.5. The van der Waals surface area contributed by atoms with Crippen LogP contribution < -0.4 is 19.5 Å². The molecule has 1 heterocycles. The largest absolute Gasteiger partial charge is 0.494 e. The molecule has 4 rings (SSSR count). The third-order valence-electron chi connectivity index (χ3n) is 6.13. The van der Waals surface area contributed by atoms with Crippen LogP contribution in [0.2, 0.25) is 0 Å². The van der Waals surface area contributed by atoms with Crippen molar-refractivity contribution >= 4 is 40.1 Å². The van der Waals surface area contributed by atoms with E-state index in [4.69, 9.17) is 14.2 Å². The van der Waals surface area contributed by atoms with Gasteiger partial charge in [0, 0.05) is 24.7 Å². The first-order valence-electron chi connectivity index (χ1n) is 13.6. The van der Waals surface area contributed by atoms with Crippen LogP contribution >= 0.6 is 11.8 Å². The minimum Gasteiger partial charge on any atom is -0.494 e. The Morgan fingerprint density at radius 1 is 0.976 bits per heavy atom. The fourth-order valence-electron chi connectivity index (χ4n) is 4.23. The van der Waals surface area contributed by atoms with Gasteiger partial charge in [-0.1, -0.05) is 23.9 Å². The molecule has 0 spiro atoms. The van der Waals surface area contributed by atoms with E-state index in [0.717, 1.165) is 5.56 Å². The van der Waals surface area contributed by atoms with Gasteiger partial charge in [0.15, 0.2) is 16.7 Å². The van der Waals surface area contributed by atoms with Crippen LogP contribution in [0.5, 0.6) is 17.2 Å². The van der Waals surface area contributed by atoms with Gasteiger partial charge in [0.05, 0.1) is 25.5 Å². The van der Waals surface area contributed by atoms with Gasteiger partial charge in [-0.05, 0) is 81.3 Å². The van der Waals surface area contributed by atoms with E-state index < -0.39 is 5.25 Å². The van der Waals surface area contributed by atoms with Crippen molar-refractivity contribution in [3.63, 3.8) is 0 Å². The summed E-state index contributed by atoms with van der Waals surface area (Å²) in [5, 5.41) is 2.58. The summed E-state index contributed by atoms with van der Waals surface area (Å²) >= 11 is 1.21. The molecule has 1 saturated heterocycles. The van der Waals surface area contributed by atoms with E-state index in [9.17, 15) is 14.0 Å². The van der Waals surface area contributed by atoms with Crippen molar-refractivity contribution in [2.75, 3.05) is 31.7 Å². The van der Waals surface area contributed by atoms with Crippen molar-refractivity contribution in [2.45, 2.75) is 38.9 Å². The Labute approximate surface area is 243 Å². The number of aliphatic imine (C=N–C) groups is 1. The molecule has 8 nitrogen and oxygen atoms in total. The Morgan fingerprint density at radius 3 is 2.44 bits per heavy atom. The highest BCUT2D eigenvalue weighted by molar-refractivity contribution is 8.15. The third-order valence-corrected chi connectivity index (χ3v) is 7.32. The molecule has 0 aliphatic carbocycles. The van der Waals surface area contributed by atoms with Crippen molar-refractivity contribution in [3.05, 3.63) is 78.1 Å². The Hall–Kier alpha value is -4.05. The quantitative estimate of drug-likeness (QED) is 0.274. The molecule has 10 heteroatoms. The van der Waals surface area contributed by atoms with Gasteiger partial charge in [0.2, 0.25) is 11.8 Å². The Balaban J connectivity index is 1.53. The van der Waals surface area contributed by atoms with E-state index in [0.29, 0.717) is 66.6 Å². The third kappa shape index (κ3) is 8.23. The van der Waals surface area contributed by atoms with Crippen LogP contribution in [0.1, 0.15) is 32.8 Å². The summed E-state index contributed by atoms with van der Waals surface area (Å²) in [5.41, 5.74) is 2.02. The number of ether oxygens (including phenoxy) is 3. The number of amidine groups is 1. The normalized spacial score (nSPS) is 16.0. The van der Waals surface area contributed by atoms with E-state index in [1.54, 1.807) is 23.1 Å². The second-order valence-electron chi connectivity index (χ2n) is 9.07. The lowest BCUT2D eigenvalue weighted by Crippen LogP contribution is -2.46. The second-order valence-corrected chi connectivity index (χ2v) is 10.2. The maximum absolute atomic E-state index is 13.5. The van der Waals surface area contributed by atoms with E-state index >= 15 is 0 Å². The lowest BCUT2D eigenvalue weighted by molar-refractivity contribution is -0.129. The number of nitrogens with one attached hydrogen (secondary N) is 1. The highest BCUT2D eigenvalue weighted by atomic mass is 32.2. The van der Waals surface area contributed by atoms with Crippen molar-refractivity contribution in [1.82, 2.24) is 4.90 Å². The summed E-state index contributed by atoms with van der Waals surface area (Å²) in [6.45, 7) is 7.58. The lowest BCUT2D eigenvalue weighted by Gasteiger charge is -2.32. The molecule has 1 aliphatic rings. The number of rotatable bonds is 12. The van der Waals surface area contributed by atoms with Gasteiger partial charge in [0.25, 0.3) is 0 Å². The minimum atomic E-state index is -0.691. The highest BCUT2D eigenvalue weighted by Gasteiger charge is 2.36. The number of hydrogen-bond acceptors (Lipinski definition) is 7. The fraction of sp³-hybridized carbons (Fsp3) is 0.323. The summed E-state index contributed by atoms with van der Waals surface area (Å²) in [6.07, 6.45) is 0.542. The number of anilines is 1. The zero-order valence-corrected chi connectivity index (χ0v) is 24.2. The van der Waals surface area contributed by atoms with Gasteiger partial charge >= 0.3 is 0 Å². The summed E-state index contributed by atoms with van der Waals surface area (Å²) in [5.74, 6) is 1.05. The Kier molecular flexibility index (Phi) is 10.6. The van der Waals surface area contributed by atoms with Gasteiger partial charge in [-0.2, -0.15) is 0 Å². The maximum Gasteiger partial charge on any atom is 0.238 e. The zero-order valence-electron chi connectivity index (χ0n) is 23.4. The zero-order chi connectivity index (χ0) is 29.2. The number of nitrogens with zero attached hydrogens (tertiary/aromatic N) is 2. The molecule has 3 aromatic rings. The van der Waals surface area contributed by atoms with Crippen LogP contribution in [0.4, 0.5) is 15.8 Å². The minimum absolute atomic E-state index is 0.0115. The molecule has 1 atom stereocenters. The first-order chi connectivity index (χ1) is 19.9. The van der Waals surface area contributed by atoms with Crippen LogP contribution in [0.3, 0.4) is 0 Å². The van der Waals surface area contributed by atoms with E-state index in [2.05, 4.69) is 10.3 Å². The molecular weight excluding hydrogens is 545 g/mol. The van der Waals surface area contributed by atoms with Crippen LogP contribution in [0.25, 0.3) is 0 Å². The van der Waals surface area contributed by atoms with Gasteiger partial charge in [-0.15, -0.1) is 0 Å². The molecular formula is C31H34FN3O5S. The molecule has 0 radical (unpaired) electrons. The average Bonchev–Trinajstić information content (AvgIpc) is 2.95. The molecule has 1 N–H and O–H groups in total.